The zero-order valence-electron chi connectivity index (χ0n) is 13.3. The van der Waals surface area contributed by atoms with Crippen molar-refractivity contribution in [1.29, 1.82) is 0 Å². The summed E-state index contributed by atoms with van der Waals surface area (Å²) in [5.74, 6) is -0.202. The van der Waals surface area contributed by atoms with Crippen LogP contribution in [0.2, 0.25) is 5.02 Å². The second kappa shape index (κ2) is 7.56. The van der Waals surface area contributed by atoms with Gasteiger partial charge in [0.25, 0.3) is 5.91 Å². The maximum absolute atomic E-state index is 12.9. The average Bonchev–Trinajstić information content (AvgIpc) is 2.56. The van der Waals surface area contributed by atoms with Gasteiger partial charge in [0.05, 0.1) is 11.6 Å². The molecule has 2 aromatic carbocycles. The molecule has 7 heteroatoms. The third-order valence-electron chi connectivity index (χ3n) is 3.80. The zero-order valence-corrected chi connectivity index (χ0v) is 16.4. The molecular weight excluding hydrogens is 422 g/mol. The smallest absolute Gasteiger partial charge is 0.255 e. The normalized spacial score (nSPS) is 16.9. The highest BCUT2D eigenvalue weighted by molar-refractivity contribution is 9.10. The molecule has 0 unspecified atom stereocenters. The molecule has 0 saturated heterocycles. The lowest BCUT2D eigenvalue weighted by molar-refractivity contribution is -0.113. The monoisotopic (exact) mass is 435 g/mol. The van der Waals surface area contributed by atoms with Crippen molar-refractivity contribution < 1.29 is 4.79 Å². The van der Waals surface area contributed by atoms with Gasteiger partial charge in [-0.25, -0.2) is 0 Å². The largest absolute Gasteiger partial charge is 0.351 e. The average molecular weight is 437 g/mol. The van der Waals surface area contributed by atoms with Crippen molar-refractivity contribution in [2.75, 3.05) is 5.32 Å². The highest BCUT2D eigenvalue weighted by Gasteiger charge is 2.30. The van der Waals surface area contributed by atoms with E-state index in [1.165, 1.54) is 0 Å². The zero-order chi connectivity index (χ0) is 18.0. The summed E-state index contributed by atoms with van der Waals surface area (Å²) < 4.78 is 0.936. The van der Waals surface area contributed by atoms with E-state index in [1.54, 1.807) is 24.3 Å². The Labute approximate surface area is 164 Å². The van der Waals surface area contributed by atoms with Crippen LogP contribution in [-0.4, -0.2) is 11.0 Å². The van der Waals surface area contributed by atoms with Crippen molar-refractivity contribution in [3.63, 3.8) is 0 Å². The van der Waals surface area contributed by atoms with Crippen molar-refractivity contribution in [3.8, 4) is 0 Å². The first-order valence-electron chi connectivity index (χ1n) is 7.54. The molecule has 0 aliphatic carbocycles. The lowest BCUT2D eigenvalue weighted by atomic mass is 9.95. The van der Waals surface area contributed by atoms with Crippen LogP contribution in [0.5, 0.6) is 0 Å². The quantitative estimate of drug-likeness (QED) is 0.619. The van der Waals surface area contributed by atoms with E-state index in [9.17, 15) is 4.79 Å². The number of anilines is 1. The minimum absolute atomic E-state index is 0.202. The van der Waals surface area contributed by atoms with Crippen molar-refractivity contribution in [2.24, 2.45) is 0 Å². The summed E-state index contributed by atoms with van der Waals surface area (Å²) in [6.45, 7) is 1.84. The van der Waals surface area contributed by atoms with E-state index in [1.807, 2.05) is 31.2 Å². The SMILES string of the molecule is CC1=C(C(=O)Nc2ccc(Cl)cc2)[C@@H](c2cccc(Br)c2)NC(=S)N1. The van der Waals surface area contributed by atoms with E-state index in [2.05, 4.69) is 31.9 Å². The second-order valence-electron chi connectivity index (χ2n) is 5.59. The molecule has 0 radical (unpaired) electrons. The van der Waals surface area contributed by atoms with Gasteiger partial charge >= 0.3 is 0 Å². The van der Waals surface area contributed by atoms with Gasteiger partial charge < -0.3 is 16.0 Å². The van der Waals surface area contributed by atoms with Gasteiger partial charge in [-0.05, 0) is 61.1 Å². The van der Waals surface area contributed by atoms with Gasteiger partial charge in [-0.2, -0.15) is 0 Å². The molecule has 128 valence electrons. The first-order chi connectivity index (χ1) is 11.9. The van der Waals surface area contributed by atoms with E-state index in [4.69, 9.17) is 23.8 Å². The summed E-state index contributed by atoms with van der Waals surface area (Å²) in [6.07, 6.45) is 0. The Balaban J connectivity index is 1.94. The van der Waals surface area contributed by atoms with Gasteiger partial charge in [0, 0.05) is 20.9 Å². The summed E-state index contributed by atoms with van der Waals surface area (Å²) >= 11 is 14.6. The summed E-state index contributed by atoms with van der Waals surface area (Å²) in [4.78, 5) is 12.9. The fourth-order valence-corrected chi connectivity index (χ4v) is 3.48. The maximum atomic E-state index is 12.9. The Morgan fingerprint density at radius 2 is 1.96 bits per heavy atom. The van der Waals surface area contributed by atoms with E-state index < -0.39 is 0 Å². The van der Waals surface area contributed by atoms with Crippen LogP contribution >= 0.6 is 39.7 Å². The molecule has 0 saturated carbocycles. The highest BCUT2D eigenvalue weighted by atomic mass is 79.9. The number of carbonyl (C=O) groups excluding carboxylic acids is 1. The van der Waals surface area contributed by atoms with Gasteiger partial charge in [0.15, 0.2) is 5.11 Å². The molecule has 1 aliphatic heterocycles. The van der Waals surface area contributed by atoms with Crippen LogP contribution in [0, 0.1) is 0 Å². The number of benzene rings is 2. The first kappa shape index (κ1) is 17.9. The van der Waals surface area contributed by atoms with Crippen LogP contribution in [0.25, 0.3) is 0 Å². The maximum Gasteiger partial charge on any atom is 0.255 e. The molecular formula is C18H15BrClN3OS. The molecule has 1 amide bonds. The lowest BCUT2D eigenvalue weighted by Gasteiger charge is -2.30. The predicted octanol–water partition coefficient (Wildman–Crippen LogP) is 4.53. The third kappa shape index (κ3) is 4.21. The number of carbonyl (C=O) groups is 1. The number of hydrogen-bond donors (Lipinski definition) is 3. The number of rotatable bonds is 3. The Morgan fingerprint density at radius 3 is 2.64 bits per heavy atom. The summed E-state index contributed by atoms with van der Waals surface area (Å²) in [6, 6.07) is 14.4. The van der Waals surface area contributed by atoms with Gasteiger partial charge in [0.1, 0.15) is 0 Å². The predicted molar refractivity (Wildman–Crippen MR) is 109 cm³/mol. The van der Waals surface area contributed by atoms with Crippen molar-refractivity contribution in [3.05, 3.63) is 74.9 Å². The van der Waals surface area contributed by atoms with Gasteiger partial charge in [-0.1, -0.05) is 39.7 Å². The first-order valence-corrected chi connectivity index (χ1v) is 9.12. The molecule has 0 aromatic heterocycles. The molecule has 1 aliphatic rings. The minimum atomic E-state index is -0.335. The highest BCUT2D eigenvalue weighted by Crippen LogP contribution is 2.29. The molecule has 3 N–H and O–H groups in total. The molecule has 0 spiro atoms. The van der Waals surface area contributed by atoms with Crippen molar-refractivity contribution >= 4 is 56.5 Å². The Hall–Kier alpha value is -1.89. The van der Waals surface area contributed by atoms with Crippen LogP contribution in [-0.2, 0) is 4.79 Å². The van der Waals surface area contributed by atoms with Crippen LogP contribution in [0.1, 0.15) is 18.5 Å². The van der Waals surface area contributed by atoms with Crippen LogP contribution in [0.3, 0.4) is 0 Å². The topological polar surface area (TPSA) is 53.2 Å². The number of thiocarbonyl (C=S) groups is 1. The molecule has 1 heterocycles. The van der Waals surface area contributed by atoms with E-state index in [0.29, 0.717) is 21.4 Å². The summed E-state index contributed by atoms with van der Waals surface area (Å²) in [7, 11) is 0. The Morgan fingerprint density at radius 1 is 1.24 bits per heavy atom. The van der Waals surface area contributed by atoms with Gasteiger partial charge in [0.2, 0.25) is 0 Å². The molecule has 0 bridgehead atoms. The molecule has 3 rings (SSSR count). The molecule has 1 atom stereocenters. The second-order valence-corrected chi connectivity index (χ2v) is 7.35. The number of allylic oxidation sites excluding steroid dienone is 1. The van der Waals surface area contributed by atoms with Crippen LogP contribution < -0.4 is 16.0 Å². The van der Waals surface area contributed by atoms with E-state index in [0.717, 1.165) is 15.7 Å². The summed E-state index contributed by atoms with van der Waals surface area (Å²) in [5, 5.41) is 10.2. The summed E-state index contributed by atoms with van der Waals surface area (Å²) in [5.41, 5.74) is 2.93. The third-order valence-corrected chi connectivity index (χ3v) is 4.76. The number of hydrogen-bond acceptors (Lipinski definition) is 2. The Bertz CT molecular complexity index is 867. The van der Waals surface area contributed by atoms with Gasteiger partial charge in [-0.3, -0.25) is 4.79 Å². The number of amides is 1. The van der Waals surface area contributed by atoms with Crippen LogP contribution in [0.4, 0.5) is 5.69 Å². The molecule has 4 nitrogen and oxygen atoms in total. The minimum Gasteiger partial charge on any atom is -0.351 e. The molecule has 0 fully saturated rings. The van der Waals surface area contributed by atoms with Crippen molar-refractivity contribution in [2.45, 2.75) is 13.0 Å². The molecule has 25 heavy (non-hydrogen) atoms. The Kier molecular flexibility index (Phi) is 5.42. The van der Waals surface area contributed by atoms with Crippen molar-refractivity contribution in [1.82, 2.24) is 10.6 Å². The molecule has 2 aromatic rings. The van der Waals surface area contributed by atoms with E-state index >= 15 is 0 Å². The van der Waals surface area contributed by atoms with Crippen LogP contribution in [0.15, 0.2) is 64.3 Å². The number of halogens is 2. The van der Waals surface area contributed by atoms with Gasteiger partial charge in [-0.15, -0.1) is 0 Å². The standard InChI is InChI=1S/C18H15BrClN3OS/c1-10-15(17(24)22-14-7-5-13(20)6-8-14)16(23-18(25)21-10)11-3-2-4-12(19)9-11/h2-9,16H,1H3,(H,22,24)(H2,21,23,25)/t16-/m1/s1. The fourth-order valence-electron chi connectivity index (χ4n) is 2.66. The van der Waals surface area contributed by atoms with E-state index in [-0.39, 0.29) is 11.9 Å². The fraction of sp³-hybridized carbons (Fsp3) is 0.111. The number of nitrogens with one attached hydrogen (secondary N) is 3. The lowest BCUT2D eigenvalue weighted by Crippen LogP contribution is -2.45.